The van der Waals surface area contributed by atoms with Gasteiger partial charge >= 0.3 is 6.09 Å². The van der Waals surface area contributed by atoms with Crippen LogP contribution in [0.3, 0.4) is 0 Å². The van der Waals surface area contributed by atoms with Gasteiger partial charge in [-0.2, -0.15) is 0 Å². The number of hydrogen-bond donors (Lipinski definition) is 3. The van der Waals surface area contributed by atoms with Gasteiger partial charge in [-0.25, -0.2) is 4.79 Å². The summed E-state index contributed by atoms with van der Waals surface area (Å²) in [5.74, 6) is -0.0395. The molecule has 104 valence electrons. The monoisotopic (exact) mass is 256 g/mol. The molecule has 1 fully saturated rings. The molecule has 0 aliphatic heterocycles. The smallest absolute Gasteiger partial charge is 0.404 e. The summed E-state index contributed by atoms with van der Waals surface area (Å²) in [6.45, 7) is 8.51. The molecule has 5 nitrogen and oxygen atoms in total. The molecule has 18 heavy (non-hydrogen) atoms. The van der Waals surface area contributed by atoms with Crippen molar-refractivity contribution in [1.82, 2.24) is 10.6 Å². The molecule has 1 aliphatic rings. The van der Waals surface area contributed by atoms with Crippen LogP contribution in [0.2, 0.25) is 0 Å². The summed E-state index contributed by atoms with van der Waals surface area (Å²) in [6.07, 6.45) is 1.62. The maximum absolute atomic E-state index is 11.0. The quantitative estimate of drug-likeness (QED) is 0.722. The van der Waals surface area contributed by atoms with Crippen molar-refractivity contribution >= 4 is 12.0 Å². The first-order chi connectivity index (χ1) is 8.12. The molecule has 0 bridgehead atoms. The van der Waals surface area contributed by atoms with Gasteiger partial charge in [0.15, 0.2) is 0 Å². The van der Waals surface area contributed by atoms with Gasteiger partial charge in [-0.1, -0.05) is 20.8 Å². The molecule has 0 saturated heterocycles. The van der Waals surface area contributed by atoms with Crippen LogP contribution in [-0.4, -0.2) is 29.7 Å². The van der Waals surface area contributed by atoms with Crippen LogP contribution in [0.25, 0.3) is 0 Å². The number of rotatable bonds is 3. The van der Waals surface area contributed by atoms with E-state index < -0.39 is 6.09 Å². The molecule has 2 unspecified atom stereocenters. The molecule has 0 aromatic carbocycles. The molecule has 1 saturated carbocycles. The van der Waals surface area contributed by atoms with Crippen molar-refractivity contribution in [3.63, 3.8) is 0 Å². The number of nitrogens with one attached hydrogen (secondary N) is 2. The van der Waals surface area contributed by atoms with Crippen LogP contribution in [0, 0.1) is 10.8 Å². The first-order valence-corrected chi connectivity index (χ1v) is 6.36. The third-order valence-electron chi connectivity index (χ3n) is 3.54. The van der Waals surface area contributed by atoms with E-state index in [1.54, 1.807) is 0 Å². The molecule has 5 heteroatoms. The predicted octanol–water partition coefficient (Wildman–Crippen LogP) is 1.98. The lowest BCUT2D eigenvalue weighted by Gasteiger charge is -2.46. The zero-order valence-corrected chi connectivity index (χ0v) is 11.7. The second-order valence-corrected chi connectivity index (χ2v) is 6.62. The third kappa shape index (κ3) is 4.55. The minimum Gasteiger partial charge on any atom is -0.465 e. The predicted molar refractivity (Wildman–Crippen MR) is 69.4 cm³/mol. The van der Waals surface area contributed by atoms with E-state index in [0.717, 1.165) is 19.3 Å². The number of hydrogen-bond acceptors (Lipinski definition) is 2. The van der Waals surface area contributed by atoms with Crippen molar-refractivity contribution in [1.29, 1.82) is 0 Å². The minimum absolute atomic E-state index is 0.0370. The Hall–Kier alpha value is -1.26. The average Bonchev–Trinajstić information content (AvgIpc) is 2.10. The van der Waals surface area contributed by atoms with E-state index in [2.05, 4.69) is 31.4 Å². The highest BCUT2D eigenvalue weighted by Crippen LogP contribution is 2.45. The van der Waals surface area contributed by atoms with Gasteiger partial charge in [-0.05, 0) is 30.1 Å². The Bertz CT molecular complexity index is 341. The van der Waals surface area contributed by atoms with E-state index in [1.807, 2.05) is 0 Å². The van der Waals surface area contributed by atoms with Crippen LogP contribution >= 0.6 is 0 Å². The first-order valence-electron chi connectivity index (χ1n) is 6.36. The fourth-order valence-corrected chi connectivity index (χ4v) is 3.38. The Kier molecular flexibility index (Phi) is 4.24. The van der Waals surface area contributed by atoms with Gasteiger partial charge in [0, 0.05) is 19.5 Å². The van der Waals surface area contributed by atoms with Gasteiger partial charge in [0.05, 0.1) is 0 Å². The highest BCUT2D eigenvalue weighted by Gasteiger charge is 2.41. The summed E-state index contributed by atoms with van der Waals surface area (Å²) >= 11 is 0. The maximum Gasteiger partial charge on any atom is 0.404 e. The molecule has 1 aliphatic carbocycles. The SMILES string of the molecule is CC(=O)NCC1(C)CC(NC(=O)O)CC(C)(C)C1. The molecule has 1 rings (SSSR count). The van der Waals surface area contributed by atoms with E-state index in [1.165, 1.54) is 6.92 Å². The van der Waals surface area contributed by atoms with E-state index in [-0.39, 0.29) is 22.8 Å². The molecule has 0 aromatic rings. The first kappa shape index (κ1) is 14.8. The number of carbonyl (C=O) groups is 2. The van der Waals surface area contributed by atoms with Gasteiger partial charge in [0.2, 0.25) is 5.91 Å². The second kappa shape index (κ2) is 5.16. The van der Waals surface area contributed by atoms with Crippen molar-refractivity contribution in [2.45, 2.75) is 53.0 Å². The molecule has 3 N–H and O–H groups in total. The summed E-state index contributed by atoms with van der Waals surface area (Å²) in [5, 5.41) is 14.3. The minimum atomic E-state index is -0.973. The molecule has 0 aromatic heterocycles. The van der Waals surface area contributed by atoms with Crippen LogP contribution < -0.4 is 10.6 Å². The van der Waals surface area contributed by atoms with Crippen LogP contribution in [0.15, 0.2) is 0 Å². The fourth-order valence-electron chi connectivity index (χ4n) is 3.38. The lowest BCUT2D eigenvalue weighted by Crippen LogP contribution is -2.50. The molecule has 2 atom stereocenters. The largest absolute Gasteiger partial charge is 0.465 e. The molecule has 0 radical (unpaired) electrons. The fraction of sp³-hybridized carbons (Fsp3) is 0.846. The molecule has 2 amide bonds. The van der Waals surface area contributed by atoms with Gasteiger partial charge in [-0.3, -0.25) is 4.79 Å². The maximum atomic E-state index is 11.0. The Morgan fingerprint density at radius 1 is 1.28 bits per heavy atom. The number of carboxylic acid groups (broad SMARTS) is 1. The van der Waals surface area contributed by atoms with Crippen molar-refractivity contribution < 1.29 is 14.7 Å². The van der Waals surface area contributed by atoms with E-state index in [4.69, 9.17) is 5.11 Å². The highest BCUT2D eigenvalue weighted by molar-refractivity contribution is 5.72. The van der Waals surface area contributed by atoms with E-state index in [9.17, 15) is 9.59 Å². The van der Waals surface area contributed by atoms with Crippen LogP contribution in [0.1, 0.15) is 47.0 Å². The summed E-state index contributed by atoms with van der Waals surface area (Å²) in [6, 6.07) is -0.0370. The van der Waals surface area contributed by atoms with Crippen molar-refractivity contribution in [3.8, 4) is 0 Å². The average molecular weight is 256 g/mol. The molecular weight excluding hydrogens is 232 g/mol. The summed E-state index contributed by atoms with van der Waals surface area (Å²) in [5.41, 5.74) is 0.0269. The van der Waals surface area contributed by atoms with E-state index in [0.29, 0.717) is 6.54 Å². The van der Waals surface area contributed by atoms with Crippen LogP contribution in [-0.2, 0) is 4.79 Å². The molecule has 0 heterocycles. The Morgan fingerprint density at radius 2 is 1.89 bits per heavy atom. The standard InChI is InChI=1S/C13H24N2O3/c1-9(16)14-8-13(4)6-10(15-11(17)18)5-12(2,3)7-13/h10,15H,5-8H2,1-4H3,(H,14,16)(H,17,18). The Balaban J connectivity index is 2.72. The van der Waals surface area contributed by atoms with Gasteiger partial charge in [-0.15, -0.1) is 0 Å². The van der Waals surface area contributed by atoms with Gasteiger partial charge in [0.1, 0.15) is 0 Å². The zero-order valence-electron chi connectivity index (χ0n) is 11.7. The lowest BCUT2D eigenvalue weighted by atomic mass is 9.62. The highest BCUT2D eigenvalue weighted by atomic mass is 16.4. The van der Waals surface area contributed by atoms with Crippen LogP contribution in [0.5, 0.6) is 0 Å². The topological polar surface area (TPSA) is 78.4 Å². The Morgan fingerprint density at radius 3 is 2.39 bits per heavy atom. The summed E-state index contributed by atoms with van der Waals surface area (Å²) in [4.78, 5) is 21.8. The van der Waals surface area contributed by atoms with Gasteiger partial charge in [0.25, 0.3) is 0 Å². The molecule has 0 spiro atoms. The molecular formula is C13H24N2O3. The summed E-state index contributed by atoms with van der Waals surface area (Å²) in [7, 11) is 0. The third-order valence-corrected chi connectivity index (χ3v) is 3.54. The van der Waals surface area contributed by atoms with Gasteiger partial charge < -0.3 is 15.7 Å². The van der Waals surface area contributed by atoms with Crippen molar-refractivity contribution in [2.75, 3.05) is 6.54 Å². The number of carbonyl (C=O) groups excluding carboxylic acids is 1. The zero-order chi connectivity index (χ0) is 14.0. The summed E-state index contributed by atoms with van der Waals surface area (Å²) < 4.78 is 0. The lowest BCUT2D eigenvalue weighted by molar-refractivity contribution is -0.119. The Labute approximate surface area is 108 Å². The normalized spacial score (nSPS) is 30.6. The van der Waals surface area contributed by atoms with Crippen LogP contribution in [0.4, 0.5) is 4.79 Å². The van der Waals surface area contributed by atoms with Crippen molar-refractivity contribution in [3.05, 3.63) is 0 Å². The second-order valence-electron chi connectivity index (χ2n) is 6.62. The number of amides is 2. The van der Waals surface area contributed by atoms with Crippen molar-refractivity contribution in [2.24, 2.45) is 10.8 Å². The van der Waals surface area contributed by atoms with E-state index >= 15 is 0 Å².